The molecule has 1 aromatic rings. The molecule has 0 radical (unpaired) electrons. The lowest BCUT2D eigenvalue weighted by molar-refractivity contribution is 0.256. The monoisotopic (exact) mass is 233 g/mol. The average molecular weight is 233 g/mol. The maximum atomic E-state index is 9.13. The zero-order valence-corrected chi connectivity index (χ0v) is 10.9. The van der Waals surface area contributed by atoms with E-state index < -0.39 is 0 Å². The van der Waals surface area contributed by atoms with Gasteiger partial charge in [0.2, 0.25) is 0 Å². The highest BCUT2D eigenvalue weighted by Gasteiger charge is 2.24. The normalized spacial score (nSPS) is 26.8. The number of hydrogen-bond acceptors (Lipinski definition) is 2. The Labute approximate surface area is 104 Å². The molecule has 0 aliphatic heterocycles. The van der Waals surface area contributed by atoms with E-state index >= 15 is 0 Å². The Balaban J connectivity index is 2.05. The molecular formula is C15H23NO. The Morgan fingerprint density at radius 2 is 2.00 bits per heavy atom. The van der Waals surface area contributed by atoms with E-state index in [1.165, 1.54) is 25.7 Å². The molecule has 1 atom stereocenters. The molecule has 2 nitrogen and oxygen atoms in total. The topological polar surface area (TPSA) is 33.1 Å². The minimum atomic E-state index is 0.0439. The zero-order chi connectivity index (χ0) is 12.3. The van der Waals surface area contributed by atoms with Gasteiger partial charge in [-0.15, -0.1) is 0 Å². The number of hydrogen-bond donors (Lipinski definition) is 1. The predicted octanol–water partition coefficient (Wildman–Crippen LogP) is 3.50. The van der Waals surface area contributed by atoms with Gasteiger partial charge in [-0.1, -0.05) is 32.8 Å². The summed E-state index contributed by atoms with van der Waals surface area (Å²) in [6.07, 6.45) is 5.37. The smallest absolute Gasteiger partial charge is 0.0853 e. The quantitative estimate of drug-likeness (QED) is 0.866. The van der Waals surface area contributed by atoms with Crippen molar-refractivity contribution in [2.45, 2.75) is 52.1 Å². The largest absolute Gasteiger partial charge is 0.390 e. The van der Waals surface area contributed by atoms with Crippen molar-refractivity contribution in [2.24, 2.45) is 11.8 Å². The van der Waals surface area contributed by atoms with Crippen molar-refractivity contribution in [3.63, 3.8) is 0 Å². The number of pyridine rings is 1. The lowest BCUT2D eigenvalue weighted by Gasteiger charge is -2.30. The fourth-order valence-electron chi connectivity index (χ4n) is 2.87. The van der Waals surface area contributed by atoms with Crippen molar-refractivity contribution in [1.29, 1.82) is 0 Å². The highest BCUT2D eigenvalue weighted by molar-refractivity contribution is 5.15. The van der Waals surface area contributed by atoms with Gasteiger partial charge in [-0.05, 0) is 36.8 Å². The van der Waals surface area contributed by atoms with Crippen LogP contribution in [0.5, 0.6) is 0 Å². The highest BCUT2D eigenvalue weighted by Crippen LogP contribution is 2.37. The second kappa shape index (κ2) is 5.63. The van der Waals surface area contributed by atoms with Crippen molar-refractivity contribution >= 4 is 0 Å². The third kappa shape index (κ3) is 3.06. The first-order valence-corrected chi connectivity index (χ1v) is 6.77. The molecule has 1 aliphatic rings. The van der Waals surface area contributed by atoms with Crippen LogP contribution in [-0.2, 0) is 6.61 Å². The van der Waals surface area contributed by atoms with Crippen LogP contribution in [0.4, 0.5) is 0 Å². The molecule has 0 amide bonds. The van der Waals surface area contributed by atoms with Crippen molar-refractivity contribution in [3.05, 3.63) is 29.6 Å². The Morgan fingerprint density at radius 3 is 2.65 bits per heavy atom. The van der Waals surface area contributed by atoms with E-state index in [0.29, 0.717) is 5.92 Å². The summed E-state index contributed by atoms with van der Waals surface area (Å²) >= 11 is 0. The fraction of sp³-hybridized carbons (Fsp3) is 0.667. The van der Waals surface area contributed by atoms with Crippen LogP contribution < -0.4 is 0 Å². The van der Waals surface area contributed by atoms with Crippen LogP contribution in [0.2, 0.25) is 0 Å². The van der Waals surface area contributed by atoms with Crippen molar-refractivity contribution in [2.75, 3.05) is 0 Å². The molecule has 2 heteroatoms. The summed E-state index contributed by atoms with van der Waals surface area (Å²) in [7, 11) is 0. The molecule has 1 N–H and O–H groups in total. The van der Waals surface area contributed by atoms with Gasteiger partial charge in [0.05, 0.1) is 12.3 Å². The van der Waals surface area contributed by atoms with Crippen LogP contribution >= 0.6 is 0 Å². The number of aliphatic hydroxyl groups is 1. The zero-order valence-electron chi connectivity index (χ0n) is 10.9. The van der Waals surface area contributed by atoms with Gasteiger partial charge in [0, 0.05) is 11.6 Å². The third-order valence-corrected chi connectivity index (χ3v) is 4.22. The molecule has 0 unspecified atom stereocenters. The molecule has 1 saturated carbocycles. The van der Waals surface area contributed by atoms with Crippen molar-refractivity contribution in [3.8, 4) is 0 Å². The molecule has 94 valence electrons. The third-order valence-electron chi connectivity index (χ3n) is 4.22. The van der Waals surface area contributed by atoms with E-state index in [0.717, 1.165) is 23.2 Å². The molecule has 1 aromatic heterocycles. The predicted molar refractivity (Wildman–Crippen MR) is 69.7 cm³/mol. The molecule has 0 bridgehead atoms. The van der Waals surface area contributed by atoms with Crippen LogP contribution in [0.1, 0.15) is 56.8 Å². The van der Waals surface area contributed by atoms with Crippen molar-refractivity contribution in [1.82, 2.24) is 4.98 Å². The summed E-state index contributed by atoms with van der Waals surface area (Å²) in [5.41, 5.74) is 1.94. The lowest BCUT2D eigenvalue weighted by atomic mass is 9.76. The van der Waals surface area contributed by atoms with Crippen LogP contribution in [0, 0.1) is 11.8 Å². The number of nitrogens with zero attached hydrogens (tertiary/aromatic N) is 1. The van der Waals surface area contributed by atoms with E-state index in [9.17, 15) is 0 Å². The lowest BCUT2D eigenvalue weighted by Crippen LogP contribution is -2.18. The maximum absolute atomic E-state index is 9.13. The van der Waals surface area contributed by atoms with Crippen molar-refractivity contribution < 1.29 is 5.11 Å². The second-order valence-corrected chi connectivity index (χ2v) is 5.52. The summed E-state index contributed by atoms with van der Waals surface area (Å²) in [6.45, 7) is 4.68. The minimum absolute atomic E-state index is 0.0439. The molecule has 0 spiro atoms. The number of aromatic nitrogens is 1. The molecule has 1 heterocycles. The SMILES string of the molecule is CC1CCC([C@H](C)c2cccc(CO)n2)CC1. The first-order chi connectivity index (χ1) is 8.20. The Bertz CT molecular complexity index is 356. The van der Waals surface area contributed by atoms with E-state index in [-0.39, 0.29) is 6.61 Å². The highest BCUT2D eigenvalue weighted by atomic mass is 16.3. The van der Waals surface area contributed by atoms with E-state index in [1.54, 1.807) is 0 Å². The van der Waals surface area contributed by atoms with E-state index in [4.69, 9.17) is 5.11 Å². The molecule has 0 saturated heterocycles. The standard InChI is InChI=1S/C15H23NO/c1-11-6-8-13(9-7-11)12(2)15-5-3-4-14(10-17)16-15/h3-5,11-13,17H,6-10H2,1-2H3/t11?,12-,13?/m0/s1. The number of rotatable bonds is 3. The molecule has 1 aliphatic carbocycles. The van der Waals surface area contributed by atoms with Crippen LogP contribution in [0.15, 0.2) is 18.2 Å². The van der Waals surface area contributed by atoms with Gasteiger partial charge in [0.1, 0.15) is 0 Å². The van der Waals surface area contributed by atoms with Gasteiger partial charge in [-0.3, -0.25) is 4.98 Å². The second-order valence-electron chi connectivity index (χ2n) is 5.52. The van der Waals surface area contributed by atoms with Gasteiger partial charge in [-0.2, -0.15) is 0 Å². The molecule has 2 rings (SSSR count). The Hall–Kier alpha value is -0.890. The van der Waals surface area contributed by atoms with E-state index in [2.05, 4.69) is 24.9 Å². The summed E-state index contributed by atoms with van der Waals surface area (Å²) in [5, 5.41) is 9.13. The van der Waals surface area contributed by atoms with Gasteiger partial charge < -0.3 is 5.11 Å². The Kier molecular flexibility index (Phi) is 4.16. The van der Waals surface area contributed by atoms with Gasteiger partial charge in [0.25, 0.3) is 0 Å². The minimum Gasteiger partial charge on any atom is -0.390 e. The first kappa shape index (κ1) is 12.6. The van der Waals surface area contributed by atoms with Gasteiger partial charge in [0.15, 0.2) is 0 Å². The molecule has 17 heavy (non-hydrogen) atoms. The number of aliphatic hydroxyl groups excluding tert-OH is 1. The Morgan fingerprint density at radius 1 is 1.29 bits per heavy atom. The fourth-order valence-corrected chi connectivity index (χ4v) is 2.87. The summed E-state index contributed by atoms with van der Waals surface area (Å²) in [4.78, 5) is 4.54. The van der Waals surface area contributed by atoms with Crippen LogP contribution in [0.3, 0.4) is 0 Å². The molecular weight excluding hydrogens is 210 g/mol. The van der Waals surface area contributed by atoms with Crippen LogP contribution in [-0.4, -0.2) is 10.1 Å². The maximum Gasteiger partial charge on any atom is 0.0853 e. The van der Waals surface area contributed by atoms with Gasteiger partial charge in [-0.25, -0.2) is 0 Å². The summed E-state index contributed by atoms with van der Waals surface area (Å²) < 4.78 is 0. The van der Waals surface area contributed by atoms with Crippen LogP contribution in [0.25, 0.3) is 0 Å². The first-order valence-electron chi connectivity index (χ1n) is 6.77. The summed E-state index contributed by atoms with van der Waals surface area (Å²) in [5.74, 6) is 2.19. The summed E-state index contributed by atoms with van der Waals surface area (Å²) in [6, 6.07) is 6.00. The van der Waals surface area contributed by atoms with Gasteiger partial charge >= 0.3 is 0 Å². The van der Waals surface area contributed by atoms with E-state index in [1.807, 2.05) is 12.1 Å². The molecule has 1 fully saturated rings. The molecule has 0 aromatic carbocycles. The average Bonchev–Trinajstić information content (AvgIpc) is 2.39.